The summed E-state index contributed by atoms with van der Waals surface area (Å²) in [5, 5.41) is 27.2. The number of hydrogen-bond donors (Lipinski definition) is 3. The highest BCUT2D eigenvalue weighted by molar-refractivity contribution is 5.85. The van der Waals surface area contributed by atoms with Gasteiger partial charge in [-0.1, -0.05) is 32.0 Å². The lowest BCUT2D eigenvalue weighted by Crippen LogP contribution is -2.53. The first-order valence-electron chi connectivity index (χ1n) is 11.5. The topological polar surface area (TPSA) is 147 Å². The number of β-amino-alcohol motifs (C(OH)–C–C–N with tert-alkyl or cyclic N) is 1. The van der Waals surface area contributed by atoms with Gasteiger partial charge in [-0.2, -0.15) is 0 Å². The third kappa shape index (κ3) is 7.72. The molecule has 0 bridgehead atoms. The number of ether oxygens (including phenoxy) is 1. The predicted octanol–water partition coefficient (Wildman–Crippen LogP) is 1.99. The second kappa shape index (κ2) is 12.2. The van der Waals surface area contributed by atoms with E-state index < -0.39 is 35.1 Å². The van der Waals surface area contributed by atoms with Crippen LogP contribution in [0, 0.1) is 16.0 Å². The number of aliphatic hydroxyl groups excluding tert-OH is 1. The van der Waals surface area contributed by atoms with Crippen LogP contribution in [0.4, 0.5) is 10.5 Å². The minimum atomic E-state index is -0.847. The van der Waals surface area contributed by atoms with Crippen LogP contribution in [0.1, 0.15) is 31.4 Å². The van der Waals surface area contributed by atoms with E-state index in [1.54, 1.807) is 42.7 Å². The summed E-state index contributed by atoms with van der Waals surface area (Å²) in [7, 11) is 0. The number of benzene rings is 1. The van der Waals surface area contributed by atoms with Crippen molar-refractivity contribution in [3.05, 3.63) is 70.0 Å². The first-order valence-corrected chi connectivity index (χ1v) is 11.5. The second-order valence-electron chi connectivity index (χ2n) is 9.02. The molecular formula is C24H31N5O6. The van der Waals surface area contributed by atoms with E-state index in [0.29, 0.717) is 18.5 Å². The number of nitro benzene ring substituents is 1. The molecule has 1 aliphatic rings. The summed E-state index contributed by atoms with van der Waals surface area (Å²) in [6.07, 6.45) is 2.02. The van der Waals surface area contributed by atoms with Crippen molar-refractivity contribution in [2.24, 2.45) is 5.92 Å². The van der Waals surface area contributed by atoms with Crippen molar-refractivity contribution in [1.82, 2.24) is 20.5 Å². The molecule has 2 heterocycles. The van der Waals surface area contributed by atoms with E-state index in [1.807, 2.05) is 18.7 Å². The number of amides is 2. The van der Waals surface area contributed by atoms with Gasteiger partial charge in [0.2, 0.25) is 5.91 Å². The quantitative estimate of drug-likeness (QED) is 0.342. The van der Waals surface area contributed by atoms with Gasteiger partial charge < -0.3 is 20.5 Å². The lowest BCUT2D eigenvalue weighted by atomic mass is 10.0. The van der Waals surface area contributed by atoms with E-state index in [0.717, 1.165) is 5.56 Å². The molecule has 0 radical (unpaired) electrons. The summed E-state index contributed by atoms with van der Waals surface area (Å²) in [5.41, 5.74) is 1.32. The number of carbonyl (C=O) groups is 2. The number of nitrogens with zero attached hydrogens (tertiary/aromatic N) is 3. The Bertz CT molecular complexity index is 1020. The van der Waals surface area contributed by atoms with Crippen molar-refractivity contribution in [3.8, 4) is 0 Å². The number of pyridine rings is 1. The molecule has 3 N–H and O–H groups in total. The van der Waals surface area contributed by atoms with Gasteiger partial charge in [0, 0.05) is 43.7 Å². The molecule has 3 rings (SSSR count). The van der Waals surface area contributed by atoms with Crippen molar-refractivity contribution >= 4 is 17.7 Å². The van der Waals surface area contributed by atoms with Gasteiger partial charge in [-0.05, 0) is 30.0 Å². The molecule has 11 nitrogen and oxygen atoms in total. The summed E-state index contributed by atoms with van der Waals surface area (Å²) < 4.78 is 5.22. The molecule has 3 atom stereocenters. The first kappa shape index (κ1) is 26.0. The third-order valence-electron chi connectivity index (χ3n) is 5.71. The molecule has 0 aliphatic carbocycles. The lowest BCUT2D eigenvalue weighted by molar-refractivity contribution is -0.385. The molecule has 11 heteroatoms. The number of nitro groups is 1. The average Bonchev–Trinajstić information content (AvgIpc) is 3.16. The Labute approximate surface area is 203 Å². The smallest absolute Gasteiger partial charge is 0.408 e. The number of rotatable bonds is 10. The minimum absolute atomic E-state index is 0.0148. The summed E-state index contributed by atoms with van der Waals surface area (Å²) in [4.78, 5) is 41.9. The van der Waals surface area contributed by atoms with Crippen LogP contribution in [0.2, 0.25) is 0 Å². The lowest BCUT2D eigenvalue weighted by Gasteiger charge is -2.23. The zero-order chi connectivity index (χ0) is 25.4. The van der Waals surface area contributed by atoms with Gasteiger partial charge in [0.05, 0.1) is 17.1 Å². The highest BCUT2D eigenvalue weighted by atomic mass is 16.6. The van der Waals surface area contributed by atoms with Crippen LogP contribution in [0.5, 0.6) is 0 Å². The molecule has 1 saturated heterocycles. The molecule has 188 valence electrons. The molecule has 1 aromatic heterocycles. The summed E-state index contributed by atoms with van der Waals surface area (Å²) in [5.74, 6) is -0.300. The molecule has 0 spiro atoms. The van der Waals surface area contributed by atoms with Crippen LogP contribution >= 0.6 is 0 Å². The standard InChI is InChI=1S/C24H31N5O6/c1-16(2)11-19(27-24(32)35-15-17-7-9-25-10-8-17)23(31)26-20-13-28(14-22(20)30)12-18-5-3-4-6-21(18)29(33)34/h3-10,16,19-20,22,30H,11-15H2,1-2H3,(H,26,31)(H,27,32)/t19-,20?,22?/m0/s1. The summed E-state index contributed by atoms with van der Waals surface area (Å²) >= 11 is 0. The normalized spacial score (nSPS) is 18.7. The number of nitrogens with one attached hydrogen (secondary N) is 2. The maximum absolute atomic E-state index is 13.0. The van der Waals surface area contributed by atoms with Crippen LogP contribution in [0.15, 0.2) is 48.8 Å². The number of alkyl carbamates (subject to hydrolysis) is 1. The van der Waals surface area contributed by atoms with Crippen LogP contribution < -0.4 is 10.6 Å². The number of likely N-dealkylation sites (tertiary alicyclic amines) is 1. The number of hydrogen-bond acceptors (Lipinski definition) is 8. The fourth-order valence-electron chi connectivity index (χ4n) is 4.00. The number of aromatic nitrogens is 1. The molecule has 1 aromatic carbocycles. The number of carbonyl (C=O) groups excluding carboxylic acids is 2. The summed E-state index contributed by atoms with van der Waals surface area (Å²) in [6.45, 7) is 4.77. The Balaban J connectivity index is 1.56. The third-order valence-corrected chi connectivity index (χ3v) is 5.71. The van der Waals surface area contributed by atoms with Gasteiger partial charge in [0.1, 0.15) is 12.6 Å². The minimum Gasteiger partial charge on any atom is -0.445 e. The van der Waals surface area contributed by atoms with E-state index in [4.69, 9.17) is 4.74 Å². The highest BCUT2D eigenvalue weighted by Crippen LogP contribution is 2.22. The largest absolute Gasteiger partial charge is 0.445 e. The van der Waals surface area contributed by atoms with Gasteiger partial charge >= 0.3 is 6.09 Å². The van der Waals surface area contributed by atoms with Crippen LogP contribution in [-0.4, -0.2) is 63.2 Å². The van der Waals surface area contributed by atoms with Crippen molar-refractivity contribution in [3.63, 3.8) is 0 Å². The van der Waals surface area contributed by atoms with E-state index in [-0.39, 0.29) is 31.3 Å². The molecule has 2 unspecified atom stereocenters. The highest BCUT2D eigenvalue weighted by Gasteiger charge is 2.35. The molecule has 2 amide bonds. The van der Waals surface area contributed by atoms with Crippen LogP contribution in [-0.2, 0) is 22.7 Å². The van der Waals surface area contributed by atoms with Gasteiger partial charge in [0.15, 0.2) is 0 Å². The van der Waals surface area contributed by atoms with Crippen molar-refractivity contribution in [1.29, 1.82) is 0 Å². The Kier molecular flexibility index (Phi) is 9.10. The average molecular weight is 486 g/mol. The maximum Gasteiger partial charge on any atom is 0.408 e. The Hall–Kier alpha value is -3.57. The maximum atomic E-state index is 13.0. The molecule has 1 fully saturated rings. The van der Waals surface area contributed by atoms with Gasteiger partial charge in [0.25, 0.3) is 5.69 Å². The fourth-order valence-corrected chi connectivity index (χ4v) is 4.00. The Morgan fingerprint density at radius 2 is 1.94 bits per heavy atom. The van der Waals surface area contributed by atoms with Gasteiger partial charge in [-0.3, -0.25) is 24.8 Å². The Morgan fingerprint density at radius 1 is 1.23 bits per heavy atom. The molecule has 2 aromatic rings. The number of para-hydroxylation sites is 1. The number of aliphatic hydroxyl groups is 1. The SMILES string of the molecule is CC(C)C[C@H](NC(=O)OCc1ccncc1)C(=O)NC1CN(Cc2ccccc2[N+](=O)[O-])CC1O. The van der Waals surface area contributed by atoms with E-state index in [2.05, 4.69) is 15.6 Å². The van der Waals surface area contributed by atoms with Gasteiger partial charge in [-0.25, -0.2) is 4.79 Å². The monoisotopic (exact) mass is 485 g/mol. The van der Waals surface area contributed by atoms with Crippen molar-refractivity contribution in [2.75, 3.05) is 13.1 Å². The zero-order valence-corrected chi connectivity index (χ0v) is 19.8. The zero-order valence-electron chi connectivity index (χ0n) is 19.8. The summed E-state index contributed by atoms with van der Waals surface area (Å²) in [6, 6.07) is 8.49. The van der Waals surface area contributed by atoms with E-state index in [1.165, 1.54) is 6.07 Å². The molecular weight excluding hydrogens is 454 g/mol. The van der Waals surface area contributed by atoms with Crippen molar-refractivity contribution in [2.45, 2.75) is 51.6 Å². The Morgan fingerprint density at radius 3 is 2.63 bits per heavy atom. The molecule has 0 saturated carbocycles. The van der Waals surface area contributed by atoms with Crippen molar-refractivity contribution < 1.29 is 24.4 Å². The van der Waals surface area contributed by atoms with E-state index >= 15 is 0 Å². The predicted molar refractivity (Wildman–Crippen MR) is 127 cm³/mol. The molecule has 35 heavy (non-hydrogen) atoms. The molecule has 1 aliphatic heterocycles. The van der Waals surface area contributed by atoms with E-state index in [9.17, 15) is 24.8 Å². The van der Waals surface area contributed by atoms with Crippen LogP contribution in [0.25, 0.3) is 0 Å². The second-order valence-corrected chi connectivity index (χ2v) is 9.02. The van der Waals surface area contributed by atoms with Crippen LogP contribution in [0.3, 0.4) is 0 Å². The fraction of sp³-hybridized carbons (Fsp3) is 0.458. The van der Waals surface area contributed by atoms with Gasteiger partial charge in [-0.15, -0.1) is 0 Å². The first-order chi connectivity index (χ1) is 16.7.